The molecule has 0 N–H and O–H groups in total. The Balaban J connectivity index is 1.51. The van der Waals surface area contributed by atoms with Crippen LogP contribution >= 0.6 is 0 Å². The monoisotopic (exact) mass is 396 g/mol. The van der Waals surface area contributed by atoms with E-state index in [0.29, 0.717) is 0 Å². The highest BCUT2D eigenvalue weighted by Gasteiger charge is 2.19. The Hall–Kier alpha value is -2.10. The van der Waals surface area contributed by atoms with Gasteiger partial charge in [0.2, 0.25) is 11.8 Å². The molecule has 2 heterocycles. The summed E-state index contributed by atoms with van der Waals surface area (Å²) in [6, 6.07) is 8.25. The van der Waals surface area contributed by atoms with E-state index in [4.69, 9.17) is 19.4 Å². The van der Waals surface area contributed by atoms with E-state index in [1.165, 1.54) is 49.7 Å². The molecule has 0 unspecified atom stereocenters. The summed E-state index contributed by atoms with van der Waals surface area (Å²) in [5, 5.41) is 0. The molecule has 0 bridgehead atoms. The van der Waals surface area contributed by atoms with Crippen molar-refractivity contribution in [2.24, 2.45) is 0 Å². The summed E-state index contributed by atoms with van der Waals surface area (Å²) in [6.45, 7) is 5.92. The summed E-state index contributed by atoms with van der Waals surface area (Å²) >= 11 is 0. The Morgan fingerprint density at radius 1 is 0.621 bits per heavy atom. The van der Waals surface area contributed by atoms with E-state index in [1.807, 2.05) is 12.1 Å². The molecular formula is C25H36N2O2. The summed E-state index contributed by atoms with van der Waals surface area (Å²) in [5.41, 5.74) is 4.60. The van der Waals surface area contributed by atoms with Crippen molar-refractivity contribution in [3.8, 4) is 22.9 Å². The van der Waals surface area contributed by atoms with Crippen molar-refractivity contribution < 1.29 is 9.47 Å². The maximum atomic E-state index is 5.92. The van der Waals surface area contributed by atoms with Gasteiger partial charge in [0, 0.05) is 23.3 Å². The predicted octanol–water partition coefficient (Wildman–Crippen LogP) is 6.55. The van der Waals surface area contributed by atoms with Gasteiger partial charge in [0.25, 0.3) is 0 Å². The quantitative estimate of drug-likeness (QED) is 0.360. The van der Waals surface area contributed by atoms with Crippen LogP contribution in [0.25, 0.3) is 11.1 Å². The highest BCUT2D eigenvalue weighted by molar-refractivity contribution is 5.71. The molecule has 4 heteroatoms. The third kappa shape index (κ3) is 6.45. The Morgan fingerprint density at radius 2 is 1.10 bits per heavy atom. The fraction of sp³-hybridized carbons (Fsp3) is 0.600. The van der Waals surface area contributed by atoms with Gasteiger partial charge < -0.3 is 9.47 Å². The second-order valence-electron chi connectivity index (χ2n) is 7.96. The van der Waals surface area contributed by atoms with Gasteiger partial charge in [0.15, 0.2) is 0 Å². The molecule has 0 aromatic carbocycles. The van der Waals surface area contributed by atoms with Gasteiger partial charge >= 0.3 is 0 Å². The van der Waals surface area contributed by atoms with Crippen LogP contribution in [0.3, 0.4) is 0 Å². The standard InChI is InChI=1S/C25H36N2O2/c1-3-5-7-8-9-10-11-19-29-25-17-13-21-20-12-16-24(28-18-6-4-2)26-22(20)14-15-23(21)27-25/h12-13,16-17H,3-11,14-15,18-19H2,1-2H3. The van der Waals surface area contributed by atoms with E-state index in [2.05, 4.69) is 26.0 Å². The van der Waals surface area contributed by atoms with E-state index >= 15 is 0 Å². The van der Waals surface area contributed by atoms with Crippen LogP contribution in [0.15, 0.2) is 24.3 Å². The molecule has 0 aliphatic heterocycles. The SMILES string of the molecule is CCCCCCCCCOc1ccc2c(n1)CCc1nc(OCCCC)ccc1-2. The fourth-order valence-electron chi connectivity index (χ4n) is 3.79. The molecule has 0 saturated heterocycles. The van der Waals surface area contributed by atoms with Crippen LogP contribution in [0.2, 0.25) is 0 Å². The van der Waals surface area contributed by atoms with Crippen molar-refractivity contribution in [2.75, 3.05) is 13.2 Å². The van der Waals surface area contributed by atoms with Crippen molar-refractivity contribution in [1.29, 1.82) is 0 Å². The number of hydrogen-bond acceptors (Lipinski definition) is 4. The fourth-order valence-corrected chi connectivity index (χ4v) is 3.79. The molecule has 158 valence electrons. The maximum Gasteiger partial charge on any atom is 0.213 e. The molecule has 1 aliphatic rings. The largest absolute Gasteiger partial charge is 0.478 e. The molecule has 29 heavy (non-hydrogen) atoms. The molecule has 0 radical (unpaired) electrons. The molecule has 2 aromatic heterocycles. The lowest BCUT2D eigenvalue weighted by Crippen LogP contribution is -2.10. The topological polar surface area (TPSA) is 44.2 Å². The first-order chi connectivity index (χ1) is 14.3. The molecule has 0 atom stereocenters. The summed E-state index contributed by atoms with van der Waals surface area (Å²) in [7, 11) is 0. The molecule has 0 amide bonds. The minimum atomic E-state index is 0.736. The van der Waals surface area contributed by atoms with E-state index in [0.717, 1.165) is 68.5 Å². The molecule has 1 aliphatic carbocycles. The van der Waals surface area contributed by atoms with E-state index in [-0.39, 0.29) is 0 Å². The summed E-state index contributed by atoms with van der Waals surface area (Å²) in [5.74, 6) is 1.49. The molecule has 2 aromatic rings. The van der Waals surface area contributed by atoms with Crippen molar-refractivity contribution in [2.45, 2.75) is 84.5 Å². The Bertz CT molecular complexity index is 760. The van der Waals surface area contributed by atoms with Crippen molar-refractivity contribution >= 4 is 0 Å². The van der Waals surface area contributed by atoms with Gasteiger partial charge in [-0.15, -0.1) is 0 Å². The number of aryl methyl sites for hydroxylation is 2. The Labute approximate surface area is 176 Å². The van der Waals surface area contributed by atoms with Crippen molar-refractivity contribution in [3.05, 3.63) is 35.7 Å². The molecule has 3 rings (SSSR count). The van der Waals surface area contributed by atoms with Gasteiger partial charge in [-0.2, -0.15) is 0 Å². The average Bonchev–Trinajstić information content (AvgIpc) is 2.75. The number of aromatic nitrogens is 2. The van der Waals surface area contributed by atoms with Crippen LogP contribution in [-0.4, -0.2) is 23.2 Å². The van der Waals surface area contributed by atoms with Gasteiger partial charge in [0.1, 0.15) is 0 Å². The van der Waals surface area contributed by atoms with E-state index in [1.54, 1.807) is 0 Å². The average molecular weight is 397 g/mol. The van der Waals surface area contributed by atoms with Crippen LogP contribution in [0.5, 0.6) is 11.8 Å². The summed E-state index contributed by atoms with van der Waals surface area (Å²) in [6.07, 6.45) is 13.1. The lowest BCUT2D eigenvalue weighted by atomic mass is 9.92. The first-order valence-electron chi connectivity index (χ1n) is 11.6. The normalized spacial score (nSPS) is 12.3. The van der Waals surface area contributed by atoms with Gasteiger partial charge in [0.05, 0.1) is 24.6 Å². The van der Waals surface area contributed by atoms with Crippen LogP contribution in [-0.2, 0) is 12.8 Å². The minimum Gasteiger partial charge on any atom is -0.478 e. The predicted molar refractivity (Wildman–Crippen MR) is 119 cm³/mol. The molecule has 4 nitrogen and oxygen atoms in total. The van der Waals surface area contributed by atoms with E-state index < -0.39 is 0 Å². The first kappa shape index (κ1) is 21.6. The highest BCUT2D eigenvalue weighted by atomic mass is 16.5. The maximum absolute atomic E-state index is 5.92. The van der Waals surface area contributed by atoms with Crippen molar-refractivity contribution in [1.82, 2.24) is 9.97 Å². The minimum absolute atomic E-state index is 0.736. The number of pyridine rings is 2. The zero-order valence-electron chi connectivity index (χ0n) is 18.2. The molecular weight excluding hydrogens is 360 g/mol. The zero-order valence-corrected chi connectivity index (χ0v) is 18.2. The second kappa shape index (κ2) is 11.8. The number of rotatable bonds is 13. The third-order valence-corrected chi connectivity index (χ3v) is 5.53. The number of hydrogen-bond donors (Lipinski definition) is 0. The number of unbranched alkanes of at least 4 members (excludes halogenated alkanes) is 7. The van der Waals surface area contributed by atoms with E-state index in [9.17, 15) is 0 Å². The van der Waals surface area contributed by atoms with Gasteiger partial charge in [-0.25, -0.2) is 9.97 Å². The molecule has 0 spiro atoms. The third-order valence-electron chi connectivity index (χ3n) is 5.53. The number of nitrogens with zero attached hydrogens (tertiary/aromatic N) is 2. The lowest BCUT2D eigenvalue weighted by Gasteiger charge is -2.19. The van der Waals surface area contributed by atoms with Gasteiger partial charge in [-0.05, 0) is 37.8 Å². The van der Waals surface area contributed by atoms with Crippen LogP contribution in [0.1, 0.15) is 83.0 Å². The van der Waals surface area contributed by atoms with Crippen molar-refractivity contribution in [3.63, 3.8) is 0 Å². The summed E-state index contributed by atoms with van der Waals surface area (Å²) in [4.78, 5) is 9.49. The number of fused-ring (bicyclic) bond motifs is 3. The second-order valence-corrected chi connectivity index (χ2v) is 7.96. The first-order valence-corrected chi connectivity index (χ1v) is 11.6. The lowest BCUT2D eigenvalue weighted by molar-refractivity contribution is 0.292. The van der Waals surface area contributed by atoms with Gasteiger partial charge in [-0.1, -0.05) is 58.8 Å². The Kier molecular flexibility index (Phi) is 8.79. The van der Waals surface area contributed by atoms with Crippen LogP contribution in [0.4, 0.5) is 0 Å². The number of ether oxygens (including phenoxy) is 2. The zero-order chi connectivity index (χ0) is 20.3. The molecule has 0 saturated carbocycles. The van der Waals surface area contributed by atoms with Crippen LogP contribution < -0.4 is 9.47 Å². The van der Waals surface area contributed by atoms with Crippen LogP contribution in [0, 0.1) is 0 Å². The highest BCUT2D eigenvalue weighted by Crippen LogP contribution is 2.34. The molecule has 0 fully saturated rings. The summed E-state index contributed by atoms with van der Waals surface area (Å²) < 4.78 is 11.7. The Morgan fingerprint density at radius 3 is 1.66 bits per heavy atom. The smallest absolute Gasteiger partial charge is 0.213 e. The van der Waals surface area contributed by atoms with Gasteiger partial charge in [-0.3, -0.25) is 0 Å².